The molecule has 1 atom stereocenters. The standard InChI is InChI=1S/C20H23FN6O3/c1-29-14-12-27-19(22-23-24-27)18(15-5-2-3-6-16(15)21)25-8-10-26(11-9-25)20(28)17-7-4-13-30-17/h2-7,13,18H,8-12,14H2,1H3. The van der Waals surface area contributed by atoms with Gasteiger partial charge >= 0.3 is 0 Å². The summed E-state index contributed by atoms with van der Waals surface area (Å²) >= 11 is 0. The summed E-state index contributed by atoms with van der Waals surface area (Å²) < 4.78 is 26.8. The van der Waals surface area contributed by atoms with Gasteiger partial charge in [0.15, 0.2) is 11.6 Å². The third-order valence-electron chi connectivity index (χ3n) is 5.21. The van der Waals surface area contributed by atoms with E-state index in [0.717, 1.165) is 0 Å². The molecular formula is C20H23FN6O3. The molecule has 9 nitrogen and oxygen atoms in total. The van der Waals surface area contributed by atoms with Crippen molar-refractivity contribution in [2.75, 3.05) is 39.9 Å². The van der Waals surface area contributed by atoms with Gasteiger partial charge in [-0.05, 0) is 28.6 Å². The summed E-state index contributed by atoms with van der Waals surface area (Å²) in [6.07, 6.45) is 1.48. The number of halogens is 1. The molecule has 1 unspecified atom stereocenters. The molecule has 3 heterocycles. The van der Waals surface area contributed by atoms with E-state index in [2.05, 4.69) is 20.4 Å². The summed E-state index contributed by atoms with van der Waals surface area (Å²) in [5.74, 6) is 0.394. The van der Waals surface area contributed by atoms with Gasteiger partial charge in [-0.3, -0.25) is 9.69 Å². The molecule has 158 valence electrons. The molecule has 3 aromatic rings. The Morgan fingerprint density at radius 1 is 1.20 bits per heavy atom. The molecule has 0 aliphatic carbocycles. The molecule has 2 aromatic heterocycles. The summed E-state index contributed by atoms with van der Waals surface area (Å²) in [6, 6.07) is 9.50. The molecule has 0 N–H and O–H groups in total. The highest BCUT2D eigenvalue weighted by molar-refractivity contribution is 5.91. The lowest BCUT2D eigenvalue weighted by Gasteiger charge is -2.38. The maximum absolute atomic E-state index is 14.8. The van der Waals surface area contributed by atoms with Crippen LogP contribution in [0.15, 0.2) is 47.1 Å². The molecule has 0 spiro atoms. The van der Waals surface area contributed by atoms with Crippen LogP contribution in [0.2, 0.25) is 0 Å². The molecule has 30 heavy (non-hydrogen) atoms. The van der Waals surface area contributed by atoms with Crippen molar-refractivity contribution in [1.82, 2.24) is 30.0 Å². The van der Waals surface area contributed by atoms with E-state index in [-0.39, 0.29) is 11.7 Å². The third-order valence-corrected chi connectivity index (χ3v) is 5.21. The average Bonchev–Trinajstić information content (AvgIpc) is 3.46. The second-order valence-corrected chi connectivity index (χ2v) is 6.98. The molecule has 0 radical (unpaired) electrons. The normalized spacial score (nSPS) is 16.0. The van der Waals surface area contributed by atoms with Crippen molar-refractivity contribution in [1.29, 1.82) is 0 Å². The summed E-state index contributed by atoms with van der Waals surface area (Å²) in [6.45, 7) is 2.97. The third kappa shape index (κ3) is 4.10. The lowest BCUT2D eigenvalue weighted by atomic mass is 10.0. The van der Waals surface area contributed by atoms with E-state index in [9.17, 15) is 9.18 Å². The Hall–Kier alpha value is -3.11. The maximum Gasteiger partial charge on any atom is 0.289 e. The van der Waals surface area contributed by atoms with E-state index >= 15 is 0 Å². The first-order chi connectivity index (χ1) is 14.7. The van der Waals surface area contributed by atoms with Crippen LogP contribution in [0.5, 0.6) is 0 Å². The van der Waals surface area contributed by atoms with Gasteiger partial charge in [0, 0.05) is 38.9 Å². The number of ether oxygens (including phenoxy) is 1. The van der Waals surface area contributed by atoms with Crippen LogP contribution in [0.25, 0.3) is 0 Å². The number of methoxy groups -OCH3 is 1. The predicted octanol–water partition coefficient (Wildman–Crippen LogP) is 1.60. The van der Waals surface area contributed by atoms with Crippen molar-refractivity contribution in [3.63, 3.8) is 0 Å². The van der Waals surface area contributed by atoms with E-state index in [1.54, 1.807) is 47.0 Å². The summed E-state index contributed by atoms with van der Waals surface area (Å²) in [4.78, 5) is 16.4. The van der Waals surface area contributed by atoms with Crippen LogP contribution < -0.4 is 0 Å². The lowest BCUT2D eigenvalue weighted by Crippen LogP contribution is -2.50. The lowest BCUT2D eigenvalue weighted by molar-refractivity contribution is 0.0555. The van der Waals surface area contributed by atoms with E-state index in [1.807, 2.05) is 0 Å². The zero-order chi connectivity index (χ0) is 20.9. The number of tetrazole rings is 1. The molecule has 10 heteroatoms. The molecule has 0 bridgehead atoms. The highest BCUT2D eigenvalue weighted by Crippen LogP contribution is 2.30. The minimum atomic E-state index is -0.473. The summed E-state index contributed by atoms with van der Waals surface area (Å²) in [7, 11) is 1.60. The van der Waals surface area contributed by atoms with Crippen LogP contribution in [0.1, 0.15) is 28.0 Å². The zero-order valence-electron chi connectivity index (χ0n) is 16.6. The number of piperazine rings is 1. The molecule has 0 saturated carbocycles. The van der Waals surface area contributed by atoms with Gasteiger partial charge in [-0.15, -0.1) is 5.10 Å². The Labute approximate surface area is 173 Å². The molecule has 1 saturated heterocycles. The Kier molecular flexibility index (Phi) is 6.15. The monoisotopic (exact) mass is 414 g/mol. The van der Waals surface area contributed by atoms with Crippen LogP contribution in [-0.4, -0.2) is 75.8 Å². The number of hydrogen-bond acceptors (Lipinski definition) is 7. The number of amides is 1. The number of carbonyl (C=O) groups is 1. The highest BCUT2D eigenvalue weighted by Gasteiger charge is 2.33. The molecular weight excluding hydrogens is 391 g/mol. The Morgan fingerprint density at radius 2 is 2.00 bits per heavy atom. The molecule has 1 aliphatic rings. The fourth-order valence-electron chi connectivity index (χ4n) is 3.68. The highest BCUT2D eigenvalue weighted by atomic mass is 19.1. The molecule has 1 fully saturated rings. The van der Waals surface area contributed by atoms with Gasteiger partial charge < -0.3 is 14.1 Å². The van der Waals surface area contributed by atoms with Gasteiger partial charge in [0.05, 0.1) is 19.4 Å². The van der Waals surface area contributed by atoms with Gasteiger partial charge in [0.2, 0.25) is 0 Å². The van der Waals surface area contributed by atoms with Gasteiger partial charge in [-0.2, -0.15) is 0 Å². The van der Waals surface area contributed by atoms with E-state index < -0.39 is 6.04 Å². The topological polar surface area (TPSA) is 89.5 Å². The minimum Gasteiger partial charge on any atom is -0.459 e. The van der Waals surface area contributed by atoms with Crippen molar-refractivity contribution in [3.05, 3.63) is 65.6 Å². The number of benzene rings is 1. The Bertz CT molecular complexity index is 969. The van der Waals surface area contributed by atoms with Crippen LogP contribution in [0, 0.1) is 5.82 Å². The van der Waals surface area contributed by atoms with Crippen molar-refractivity contribution in [2.24, 2.45) is 0 Å². The molecule has 4 rings (SSSR count). The van der Waals surface area contributed by atoms with Crippen molar-refractivity contribution >= 4 is 5.91 Å². The largest absolute Gasteiger partial charge is 0.459 e. The SMILES string of the molecule is COCCn1nnnc1C(c1ccccc1F)N1CCN(C(=O)c2ccco2)CC1. The molecule has 1 aliphatic heterocycles. The number of rotatable bonds is 7. The van der Waals surface area contributed by atoms with Gasteiger partial charge in [0.1, 0.15) is 11.9 Å². The van der Waals surface area contributed by atoms with Crippen molar-refractivity contribution in [3.8, 4) is 0 Å². The average molecular weight is 414 g/mol. The van der Waals surface area contributed by atoms with Gasteiger partial charge in [-0.1, -0.05) is 18.2 Å². The number of hydrogen-bond donors (Lipinski definition) is 0. The van der Waals surface area contributed by atoms with Crippen LogP contribution >= 0.6 is 0 Å². The van der Waals surface area contributed by atoms with Crippen LogP contribution in [0.3, 0.4) is 0 Å². The van der Waals surface area contributed by atoms with E-state index in [4.69, 9.17) is 9.15 Å². The first-order valence-corrected chi connectivity index (χ1v) is 9.75. The van der Waals surface area contributed by atoms with Gasteiger partial charge in [-0.25, -0.2) is 9.07 Å². The Morgan fingerprint density at radius 3 is 2.70 bits per heavy atom. The first kappa shape index (κ1) is 20.2. The van der Waals surface area contributed by atoms with Crippen LogP contribution in [0.4, 0.5) is 4.39 Å². The number of carbonyl (C=O) groups excluding carboxylic acids is 1. The number of nitrogens with zero attached hydrogens (tertiary/aromatic N) is 6. The maximum atomic E-state index is 14.8. The fourth-order valence-corrected chi connectivity index (χ4v) is 3.68. The molecule has 1 amide bonds. The summed E-state index contributed by atoms with van der Waals surface area (Å²) in [5, 5.41) is 12.1. The van der Waals surface area contributed by atoms with E-state index in [0.29, 0.717) is 56.5 Å². The van der Waals surface area contributed by atoms with E-state index in [1.165, 1.54) is 12.3 Å². The summed E-state index contributed by atoms with van der Waals surface area (Å²) in [5.41, 5.74) is 0.497. The quantitative estimate of drug-likeness (QED) is 0.580. The number of furan rings is 1. The zero-order valence-corrected chi connectivity index (χ0v) is 16.6. The minimum absolute atomic E-state index is 0.146. The second-order valence-electron chi connectivity index (χ2n) is 6.98. The Balaban J connectivity index is 1.58. The molecule has 1 aromatic carbocycles. The fraction of sp³-hybridized carbons (Fsp3) is 0.400. The smallest absolute Gasteiger partial charge is 0.289 e. The number of aromatic nitrogens is 4. The van der Waals surface area contributed by atoms with Gasteiger partial charge in [0.25, 0.3) is 5.91 Å². The van der Waals surface area contributed by atoms with Crippen molar-refractivity contribution < 1.29 is 18.3 Å². The second kappa shape index (κ2) is 9.14. The first-order valence-electron chi connectivity index (χ1n) is 9.75. The van der Waals surface area contributed by atoms with Crippen molar-refractivity contribution in [2.45, 2.75) is 12.6 Å². The predicted molar refractivity (Wildman–Crippen MR) is 104 cm³/mol. The van der Waals surface area contributed by atoms with Crippen LogP contribution in [-0.2, 0) is 11.3 Å².